The van der Waals surface area contributed by atoms with Crippen molar-refractivity contribution in [3.63, 3.8) is 0 Å². The van der Waals surface area contributed by atoms with Crippen LogP contribution in [-0.2, 0) is 38.7 Å². The first-order chi connectivity index (χ1) is 20.1. The molecule has 2 aliphatic carbocycles. The maximum absolute atomic E-state index is 12.9. The van der Waals surface area contributed by atoms with Crippen molar-refractivity contribution in [3.8, 4) is 0 Å². The largest absolute Gasteiger partial charge is 0.466 e. The van der Waals surface area contributed by atoms with Gasteiger partial charge in [-0.2, -0.15) is 8.42 Å². The van der Waals surface area contributed by atoms with Crippen molar-refractivity contribution in [3.05, 3.63) is 57.4 Å². The number of carbonyl (C=O) groups excluding carboxylic acids is 3. The predicted octanol–water partition coefficient (Wildman–Crippen LogP) is 3.54. The molecule has 11 nitrogen and oxygen atoms in total. The fourth-order valence-corrected chi connectivity index (χ4v) is 8.08. The van der Waals surface area contributed by atoms with Crippen LogP contribution in [0.25, 0.3) is 0 Å². The van der Waals surface area contributed by atoms with E-state index in [9.17, 15) is 22.8 Å². The summed E-state index contributed by atoms with van der Waals surface area (Å²) in [7, 11) is -2.78. The minimum Gasteiger partial charge on any atom is -0.466 e. The lowest BCUT2D eigenvalue weighted by Crippen LogP contribution is -2.42. The van der Waals surface area contributed by atoms with Gasteiger partial charge in [0.2, 0.25) is 0 Å². The van der Waals surface area contributed by atoms with Crippen LogP contribution in [0.4, 0.5) is 0 Å². The van der Waals surface area contributed by atoms with Gasteiger partial charge in [0.25, 0.3) is 10.1 Å². The van der Waals surface area contributed by atoms with Crippen molar-refractivity contribution in [2.75, 3.05) is 39.2 Å². The van der Waals surface area contributed by atoms with Crippen LogP contribution in [0.2, 0.25) is 5.02 Å². The maximum atomic E-state index is 12.9. The van der Waals surface area contributed by atoms with Gasteiger partial charge in [0, 0.05) is 23.7 Å². The second-order valence-electron chi connectivity index (χ2n) is 11.5. The molecular weight excluding hydrogens is 600 g/mol. The molecule has 1 heterocycles. The van der Waals surface area contributed by atoms with Crippen molar-refractivity contribution in [1.82, 2.24) is 5.32 Å². The number of rotatable bonds is 10. The van der Waals surface area contributed by atoms with Crippen LogP contribution in [-0.4, -0.2) is 69.9 Å². The Hall–Kier alpha value is -2.77. The van der Waals surface area contributed by atoms with Gasteiger partial charge in [-0.1, -0.05) is 43.6 Å². The second kappa shape index (κ2) is 13.9. The number of benzene rings is 1. The number of nitrogens with one attached hydrogen (secondary N) is 1. The Morgan fingerprint density at radius 3 is 2.37 bits per heavy atom. The first-order valence-corrected chi connectivity index (χ1v) is 16.1. The number of methoxy groups -OCH3 is 1. The summed E-state index contributed by atoms with van der Waals surface area (Å²) < 4.78 is 46.8. The number of nitrogens with two attached hydrogens (primary N) is 1. The summed E-state index contributed by atoms with van der Waals surface area (Å²) in [6, 6.07) is 7.05. The van der Waals surface area contributed by atoms with Gasteiger partial charge in [0.15, 0.2) is 0 Å². The molecule has 238 valence electrons. The summed E-state index contributed by atoms with van der Waals surface area (Å²) in [5, 5.41) is 3.52. The average molecular weight is 641 g/mol. The number of fused-ring (bicyclic) bond motifs is 2. The lowest BCUT2D eigenvalue weighted by Gasteiger charge is -2.35. The number of hydrogen-bond acceptors (Lipinski definition) is 10. The average Bonchev–Trinajstić information content (AvgIpc) is 3.26. The highest BCUT2D eigenvalue weighted by Gasteiger charge is 2.65. The van der Waals surface area contributed by atoms with Crippen LogP contribution in [0, 0.1) is 16.7 Å². The molecule has 3 atom stereocenters. The molecule has 0 aromatic heterocycles. The second-order valence-corrected chi connectivity index (χ2v) is 13.3. The van der Waals surface area contributed by atoms with Crippen molar-refractivity contribution in [2.24, 2.45) is 22.5 Å². The number of esters is 2. The molecule has 2 saturated carbocycles. The summed E-state index contributed by atoms with van der Waals surface area (Å²) >= 11 is 6.42. The number of hydrogen-bond donors (Lipinski definition) is 3. The zero-order valence-corrected chi connectivity index (χ0v) is 26.8. The molecule has 4 rings (SSSR count). The quantitative estimate of drug-likeness (QED) is 0.194. The molecule has 0 amide bonds. The Morgan fingerprint density at radius 1 is 1.19 bits per heavy atom. The molecule has 2 bridgehead atoms. The SMILES string of the molecule is CC1(C)[C@@H]2CC[C@@]1(CS(=O)(=O)O)C(=O)C2.CCOC(=O)C1=C(COCCN)NC(C)=C(C(=O)OC)C1c1ccccc1Cl. The molecule has 4 N–H and O–H groups in total. The molecule has 43 heavy (non-hydrogen) atoms. The number of halogens is 1. The number of ether oxygens (including phenoxy) is 3. The highest BCUT2D eigenvalue weighted by atomic mass is 35.5. The van der Waals surface area contributed by atoms with E-state index in [1.165, 1.54) is 7.11 Å². The molecule has 0 radical (unpaired) electrons. The molecule has 1 unspecified atom stereocenters. The van der Waals surface area contributed by atoms with Crippen molar-refractivity contribution in [1.29, 1.82) is 0 Å². The Morgan fingerprint density at radius 2 is 1.86 bits per heavy atom. The smallest absolute Gasteiger partial charge is 0.336 e. The van der Waals surface area contributed by atoms with Gasteiger partial charge in [-0.05, 0) is 49.7 Å². The maximum Gasteiger partial charge on any atom is 0.336 e. The molecule has 13 heteroatoms. The van der Waals surface area contributed by atoms with Crippen LogP contribution < -0.4 is 11.1 Å². The monoisotopic (exact) mass is 640 g/mol. The van der Waals surface area contributed by atoms with Crippen LogP contribution in [0.3, 0.4) is 0 Å². The van der Waals surface area contributed by atoms with Crippen LogP contribution in [0.5, 0.6) is 0 Å². The van der Waals surface area contributed by atoms with E-state index in [0.717, 1.165) is 6.42 Å². The fourth-order valence-electron chi connectivity index (χ4n) is 6.54. The van der Waals surface area contributed by atoms with Crippen molar-refractivity contribution in [2.45, 2.75) is 52.9 Å². The highest BCUT2D eigenvalue weighted by molar-refractivity contribution is 7.85. The Balaban J connectivity index is 0.000000282. The molecular formula is C30H41ClN2O9S. The number of ketones is 1. The molecule has 1 aliphatic heterocycles. The topological polar surface area (TPSA) is 171 Å². The third kappa shape index (κ3) is 7.15. The lowest BCUT2D eigenvalue weighted by molar-refractivity contribution is -0.139. The first kappa shape index (κ1) is 34.7. The van der Waals surface area contributed by atoms with E-state index < -0.39 is 39.1 Å². The number of allylic oxidation sites excluding steroid dienone is 1. The van der Waals surface area contributed by atoms with Crippen LogP contribution >= 0.6 is 11.6 Å². The number of dihydropyridines is 1. The van der Waals surface area contributed by atoms with E-state index in [1.54, 1.807) is 38.1 Å². The van der Waals surface area contributed by atoms with E-state index in [2.05, 4.69) is 5.32 Å². The van der Waals surface area contributed by atoms with E-state index in [0.29, 0.717) is 53.5 Å². The zero-order valence-electron chi connectivity index (χ0n) is 25.2. The fraction of sp³-hybridized carbons (Fsp3) is 0.567. The predicted molar refractivity (Wildman–Crippen MR) is 161 cm³/mol. The molecule has 1 aromatic rings. The minimum absolute atomic E-state index is 0.0152. The van der Waals surface area contributed by atoms with E-state index in [-0.39, 0.29) is 35.9 Å². The highest BCUT2D eigenvalue weighted by Crippen LogP contribution is 2.64. The third-order valence-electron chi connectivity index (χ3n) is 8.84. The standard InChI is InChI=1S/C20H25ClN2O5.C10H16O4S/c1-4-28-20(25)18-15(11-27-10-9-22)23-12(2)16(19(24)26-3)17(18)13-7-5-6-8-14(13)21;1-9(2)7-3-4-10(9,8(11)5-7)6-15(12,13)14/h5-8,17,23H,4,9-11,22H2,1-3H3;7H,3-6H2,1-2H3,(H,12,13,14)/t;7-,10-/m.1/s1. The van der Waals surface area contributed by atoms with E-state index in [1.807, 2.05) is 13.8 Å². The molecule has 2 fully saturated rings. The lowest BCUT2D eigenvalue weighted by atomic mass is 9.70. The van der Waals surface area contributed by atoms with Crippen LogP contribution in [0.15, 0.2) is 46.8 Å². The summed E-state index contributed by atoms with van der Waals surface area (Å²) in [6.45, 7) is 8.31. The van der Waals surface area contributed by atoms with Gasteiger partial charge in [-0.3, -0.25) is 9.35 Å². The van der Waals surface area contributed by atoms with Crippen LogP contribution in [0.1, 0.15) is 58.4 Å². The summed E-state index contributed by atoms with van der Waals surface area (Å²) in [6.07, 6.45) is 1.97. The number of Topliss-reactive ketones (excluding diaryl/α,β-unsaturated/α-hetero) is 1. The normalized spacial score (nSPS) is 24.3. The van der Waals surface area contributed by atoms with E-state index >= 15 is 0 Å². The number of carbonyl (C=O) groups is 3. The van der Waals surface area contributed by atoms with E-state index in [4.69, 9.17) is 36.1 Å². The van der Waals surface area contributed by atoms with Gasteiger partial charge in [0.1, 0.15) is 5.78 Å². The summed E-state index contributed by atoms with van der Waals surface area (Å²) in [5.41, 5.74) is 6.58. The third-order valence-corrected chi connectivity index (χ3v) is 10.0. The Kier molecular flexibility index (Phi) is 11.2. The molecule has 0 saturated heterocycles. The first-order valence-electron chi connectivity index (χ1n) is 14.1. The van der Waals surface area contributed by atoms with Crippen molar-refractivity contribution < 1.29 is 41.6 Å². The van der Waals surface area contributed by atoms with Gasteiger partial charge in [-0.25, -0.2) is 9.59 Å². The van der Waals surface area contributed by atoms with Gasteiger partial charge in [0.05, 0.1) is 60.9 Å². The Labute approximate surface area is 257 Å². The minimum atomic E-state index is -4.08. The Bertz CT molecular complexity index is 1420. The summed E-state index contributed by atoms with van der Waals surface area (Å²) in [5.74, 6) is -1.97. The zero-order chi connectivity index (χ0) is 32.2. The molecule has 0 spiro atoms. The molecule has 3 aliphatic rings. The van der Waals surface area contributed by atoms with Gasteiger partial charge < -0.3 is 25.3 Å². The summed E-state index contributed by atoms with van der Waals surface area (Å²) in [4.78, 5) is 37.3. The van der Waals surface area contributed by atoms with Gasteiger partial charge >= 0.3 is 11.9 Å². The van der Waals surface area contributed by atoms with Gasteiger partial charge in [-0.15, -0.1) is 0 Å². The van der Waals surface area contributed by atoms with Crippen molar-refractivity contribution >= 4 is 39.4 Å². The molecule has 1 aromatic carbocycles.